The Balaban J connectivity index is 0.968. The fraction of sp³-hybridized carbons (Fsp3) is 0.391. The number of pyridine rings is 2. The molecule has 6 aromatic rings. The van der Waals surface area contributed by atoms with E-state index >= 15 is 4.39 Å². The highest BCUT2D eigenvalue weighted by Gasteiger charge is 2.27. The van der Waals surface area contributed by atoms with E-state index < -0.39 is 23.2 Å². The van der Waals surface area contributed by atoms with Crippen LogP contribution in [0.25, 0.3) is 33.4 Å². The van der Waals surface area contributed by atoms with Crippen LogP contribution in [0.1, 0.15) is 104 Å². The van der Waals surface area contributed by atoms with Gasteiger partial charge in [0.1, 0.15) is 11.5 Å². The Morgan fingerprint density at radius 1 is 0.984 bits per heavy atom. The number of nitrogens with one attached hydrogen (secondary N) is 3. The number of anilines is 1. The number of aromatic amines is 1. The van der Waals surface area contributed by atoms with Gasteiger partial charge in [-0.1, -0.05) is 57.5 Å². The fourth-order valence-electron chi connectivity index (χ4n) is 7.95. The molecule has 61 heavy (non-hydrogen) atoms. The number of nitrogens with zero attached hydrogens (tertiary/aromatic N) is 7. The van der Waals surface area contributed by atoms with Crippen molar-refractivity contribution in [1.29, 1.82) is 0 Å². The standard InChI is InChI=1S/C46H53FN10O4/c1-8-9-35(43(59)50-26-58)38-25-48-32(22-27(38)2)16-17-56-18-20-57(21-19-56)33-12-10-30(11-13-33)31-23-37-40(53-54-41(37)49-24-31)36-15-14-34(28(3)39(36)47)29(4)51-44(60)42-52-45(61-55-42)46(5,6)7/h10-15,22-26,29,35H,8-9,16-21H2,1-7H3,(H,51,60)(H,49,53,54)(H,50,58,59)/t29-,35?/m1/s1. The second-order valence-corrected chi connectivity index (χ2v) is 16.8. The maximum absolute atomic E-state index is 16.2. The first-order valence-electron chi connectivity index (χ1n) is 20.8. The van der Waals surface area contributed by atoms with Crippen molar-refractivity contribution in [3.63, 3.8) is 0 Å². The highest BCUT2D eigenvalue weighted by atomic mass is 19.1. The highest BCUT2D eigenvalue weighted by molar-refractivity contribution is 5.94. The molecular weight excluding hydrogens is 776 g/mol. The van der Waals surface area contributed by atoms with Gasteiger partial charge < -0.3 is 14.7 Å². The normalized spacial score (nSPS) is 14.5. The Kier molecular flexibility index (Phi) is 12.7. The van der Waals surface area contributed by atoms with Gasteiger partial charge in [0, 0.05) is 84.8 Å². The summed E-state index contributed by atoms with van der Waals surface area (Å²) in [7, 11) is 0. The van der Waals surface area contributed by atoms with Crippen LogP contribution in [0, 0.1) is 19.7 Å². The van der Waals surface area contributed by atoms with Crippen LogP contribution in [-0.2, 0) is 21.4 Å². The molecule has 1 unspecified atom stereocenters. The largest absolute Gasteiger partial charge is 0.369 e. The van der Waals surface area contributed by atoms with Gasteiger partial charge in [-0.25, -0.2) is 9.37 Å². The van der Waals surface area contributed by atoms with Gasteiger partial charge in [0.15, 0.2) is 5.65 Å². The van der Waals surface area contributed by atoms with Gasteiger partial charge in [-0.05, 0) is 85.3 Å². The lowest BCUT2D eigenvalue weighted by molar-refractivity contribution is -0.126. The van der Waals surface area contributed by atoms with E-state index in [9.17, 15) is 14.4 Å². The number of hydrogen-bond donors (Lipinski definition) is 3. The molecule has 1 aliphatic heterocycles. The van der Waals surface area contributed by atoms with E-state index in [1.54, 1.807) is 38.4 Å². The lowest BCUT2D eigenvalue weighted by Crippen LogP contribution is -2.47. The van der Waals surface area contributed by atoms with E-state index in [0.717, 1.165) is 79.2 Å². The average Bonchev–Trinajstić information content (AvgIpc) is 3.92. The molecule has 0 spiro atoms. The molecule has 1 saturated heterocycles. The summed E-state index contributed by atoms with van der Waals surface area (Å²) in [5, 5.41) is 17.1. The third kappa shape index (κ3) is 9.36. The van der Waals surface area contributed by atoms with E-state index in [1.807, 2.05) is 40.7 Å². The number of fused-ring (bicyclic) bond motifs is 1. The quantitative estimate of drug-likeness (QED) is 0.0953. The minimum atomic E-state index is -0.529. The first-order chi connectivity index (χ1) is 29.2. The smallest absolute Gasteiger partial charge is 0.293 e. The summed E-state index contributed by atoms with van der Waals surface area (Å²) in [6, 6.07) is 15.4. The molecule has 3 amide bonds. The number of H-pyrrole nitrogens is 1. The van der Waals surface area contributed by atoms with Gasteiger partial charge in [0.25, 0.3) is 11.7 Å². The molecule has 0 bridgehead atoms. The van der Waals surface area contributed by atoms with Gasteiger partial charge in [-0.3, -0.25) is 34.7 Å². The van der Waals surface area contributed by atoms with Crippen LogP contribution in [0.4, 0.5) is 10.1 Å². The number of aryl methyl sites for hydroxylation is 1. The molecule has 2 atom stereocenters. The van der Waals surface area contributed by atoms with Gasteiger partial charge in [0.2, 0.25) is 18.2 Å². The maximum atomic E-state index is 16.2. The van der Waals surface area contributed by atoms with Crippen molar-refractivity contribution >= 4 is 34.9 Å². The van der Waals surface area contributed by atoms with Crippen molar-refractivity contribution in [2.45, 2.75) is 85.1 Å². The number of imide groups is 1. The minimum absolute atomic E-state index is 0.0737. The van der Waals surface area contributed by atoms with E-state index in [4.69, 9.17) is 4.52 Å². The summed E-state index contributed by atoms with van der Waals surface area (Å²) in [5.41, 5.74) is 7.82. The van der Waals surface area contributed by atoms with E-state index in [-0.39, 0.29) is 17.6 Å². The van der Waals surface area contributed by atoms with Crippen LogP contribution in [0.2, 0.25) is 0 Å². The highest BCUT2D eigenvalue weighted by Crippen LogP contribution is 2.34. The average molecular weight is 829 g/mol. The molecule has 1 aliphatic rings. The number of benzene rings is 2. The molecule has 7 rings (SSSR count). The molecule has 14 nitrogen and oxygen atoms in total. The molecule has 0 radical (unpaired) electrons. The first kappa shape index (κ1) is 42.8. The Bertz CT molecular complexity index is 2540. The van der Waals surface area contributed by atoms with E-state index in [2.05, 4.69) is 81.1 Å². The molecule has 5 heterocycles. The Morgan fingerprint density at radius 2 is 1.74 bits per heavy atom. The Hall–Kier alpha value is -6.35. The zero-order chi connectivity index (χ0) is 43.4. The van der Waals surface area contributed by atoms with Crippen molar-refractivity contribution in [3.8, 4) is 22.4 Å². The van der Waals surface area contributed by atoms with Crippen molar-refractivity contribution in [2.75, 3.05) is 37.6 Å². The summed E-state index contributed by atoms with van der Waals surface area (Å²) >= 11 is 0. The molecular formula is C46H53FN10O4. The van der Waals surface area contributed by atoms with Crippen LogP contribution >= 0.6 is 0 Å². The fourth-order valence-corrected chi connectivity index (χ4v) is 7.95. The lowest BCUT2D eigenvalue weighted by atomic mass is 9.91. The third-order valence-electron chi connectivity index (χ3n) is 11.5. The van der Waals surface area contributed by atoms with Gasteiger partial charge in [-0.15, -0.1) is 0 Å². The zero-order valence-corrected chi connectivity index (χ0v) is 35.8. The lowest BCUT2D eigenvalue weighted by Gasteiger charge is -2.36. The molecule has 15 heteroatoms. The summed E-state index contributed by atoms with van der Waals surface area (Å²) < 4.78 is 21.4. The van der Waals surface area contributed by atoms with Crippen molar-refractivity contribution in [1.82, 2.24) is 45.8 Å². The van der Waals surface area contributed by atoms with Crippen LogP contribution < -0.4 is 15.5 Å². The molecule has 3 N–H and O–H groups in total. The zero-order valence-electron chi connectivity index (χ0n) is 35.8. The molecule has 4 aromatic heterocycles. The van der Waals surface area contributed by atoms with Crippen LogP contribution in [0.5, 0.6) is 0 Å². The number of rotatable bonds is 14. The summed E-state index contributed by atoms with van der Waals surface area (Å²) in [6.07, 6.45) is 6.32. The van der Waals surface area contributed by atoms with Gasteiger partial charge >= 0.3 is 0 Å². The molecule has 0 saturated carbocycles. The monoisotopic (exact) mass is 828 g/mol. The SMILES string of the molecule is CCCC(C(=O)NC=O)c1cnc(CCN2CCN(c3ccc(-c4cnc5[nH]nc(-c6ccc([C@@H](C)NC(=O)c7noc(C(C)(C)C)n7)c(C)c6F)c5c4)cc3)CC2)cc1C. The molecule has 2 aromatic carbocycles. The summed E-state index contributed by atoms with van der Waals surface area (Å²) in [5.74, 6) is -1.33. The van der Waals surface area contributed by atoms with Gasteiger partial charge in [-0.2, -0.15) is 10.1 Å². The van der Waals surface area contributed by atoms with Crippen LogP contribution in [0.3, 0.4) is 0 Å². The maximum Gasteiger partial charge on any atom is 0.293 e. The van der Waals surface area contributed by atoms with E-state index in [0.29, 0.717) is 52.1 Å². The second-order valence-electron chi connectivity index (χ2n) is 16.8. The second kappa shape index (κ2) is 18.1. The summed E-state index contributed by atoms with van der Waals surface area (Å²) in [6.45, 7) is 17.8. The first-order valence-corrected chi connectivity index (χ1v) is 20.8. The molecule has 1 fully saturated rings. The van der Waals surface area contributed by atoms with Crippen molar-refractivity contribution in [2.24, 2.45) is 0 Å². The predicted octanol–water partition coefficient (Wildman–Crippen LogP) is 7.14. The number of halogens is 1. The summed E-state index contributed by atoms with van der Waals surface area (Å²) in [4.78, 5) is 54.7. The number of amides is 3. The van der Waals surface area contributed by atoms with Gasteiger partial charge in [0.05, 0.1) is 12.0 Å². The number of carbonyl (C=O) groups is 3. The number of carbonyl (C=O) groups excluding carboxylic acids is 3. The van der Waals surface area contributed by atoms with E-state index in [1.165, 1.54) is 0 Å². The number of piperazine rings is 1. The molecule has 0 aliphatic carbocycles. The topological polar surface area (TPSA) is 175 Å². The van der Waals surface area contributed by atoms with Crippen molar-refractivity contribution in [3.05, 3.63) is 106 Å². The number of aromatic nitrogens is 6. The Labute approximate surface area is 354 Å². The van der Waals surface area contributed by atoms with Crippen LogP contribution in [0.15, 0.2) is 65.4 Å². The molecule has 318 valence electrons. The minimum Gasteiger partial charge on any atom is -0.369 e. The van der Waals surface area contributed by atoms with Crippen molar-refractivity contribution < 1.29 is 23.3 Å². The number of hydrogen-bond acceptors (Lipinski definition) is 11. The predicted molar refractivity (Wildman–Crippen MR) is 232 cm³/mol. The van der Waals surface area contributed by atoms with Crippen LogP contribution in [-0.4, -0.2) is 86.2 Å². The third-order valence-corrected chi connectivity index (χ3v) is 11.5. The Morgan fingerprint density at radius 3 is 2.41 bits per heavy atom.